The lowest BCUT2D eigenvalue weighted by Gasteiger charge is -2.20. The van der Waals surface area contributed by atoms with Crippen LogP contribution in [0.5, 0.6) is 0 Å². The van der Waals surface area contributed by atoms with Gasteiger partial charge in [0.05, 0.1) is 29.3 Å². The van der Waals surface area contributed by atoms with E-state index in [2.05, 4.69) is 35.1 Å². The van der Waals surface area contributed by atoms with E-state index in [9.17, 15) is 4.79 Å². The molecule has 1 unspecified atom stereocenters. The number of halogens is 1. The molecular formula is C18H20ClN3O. The van der Waals surface area contributed by atoms with Gasteiger partial charge in [-0.25, -0.2) is 4.98 Å². The molecule has 1 aliphatic carbocycles. The van der Waals surface area contributed by atoms with E-state index in [-0.39, 0.29) is 24.2 Å². The van der Waals surface area contributed by atoms with Crippen molar-refractivity contribution in [1.82, 2.24) is 14.5 Å². The molecular weight excluding hydrogens is 310 g/mol. The van der Waals surface area contributed by atoms with Crippen LogP contribution in [-0.2, 0) is 12.8 Å². The van der Waals surface area contributed by atoms with Crippen molar-refractivity contribution in [2.75, 3.05) is 0 Å². The van der Waals surface area contributed by atoms with Crippen LogP contribution in [0.1, 0.15) is 45.1 Å². The second kappa shape index (κ2) is 5.85. The van der Waals surface area contributed by atoms with Crippen molar-refractivity contribution in [3.05, 3.63) is 52.4 Å². The van der Waals surface area contributed by atoms with Crippen LogP contribution in [0.3, 0.4) is 0 Å². The predicted octanol–water partition coefficient (Wildman–Crippen LogP) is 3.74. The third-order valence-corrected chi connectivity index (χ3v) is 4.84. The molecule has 0 saturated heterocycles. The number of carbonyl (C=O) groups excluding carboxylic acids is 1. The molecule has 23 heavy (non-hydrogen) atoms. The smallest absolute Gasteiger partial charge is 0.238 e. The van der Waals surface area contributed by atoms with Gasteiger partial charge in [0.1, 0.15) is 0 Å². The molecule has 1 N–H and O–H groups in total. The van der Waals surface area contributed by atoms with E-state index in [4.69, 9.17) is 0 Å². The molecule has 3 heterocycles. The Labute approximate surface area is 141 Å². The van der Waals surface area contributed by atoms with Gasteiger partial charge in [0.25, 0.3) is 0 Å². The molecule has 1 aliphatic heterocycles. The molecule has 0 amide bonds. The number of allylic oxidation sites excluding steroid dienone is 2. The van der Waals surface area contributed by atoms with Gasteiger partial charge in [0.15, 0.2) is 0 Å². The summed E-state index contributed by atoms with van der Waals surface area (Å²) < 4.78 is 1.91. The zero-order chi connectivity index (χ0) is 15.3. The molecule has 4 rings (SSSR count). The summed E-state index contributed by atoms with van der Waals surface area (Å²) in [5.41, 5.74) is 6.72. The first-order chi connectivity index (χ1) is 10.7. The summed E-state index contributed by atoms with van der Waals surface area (Å²) in [5.74, 6) is 0.0246. The molecule has 0 aromatic carbocycles. The quantitative estimate of drug-likeness (QED) is 0.912. The molecule has 4 nitrogen and oxygen atoms in total. The van der Waals surface area contributed by atoms with Crippen molar-refractivity contribution in [1.29, 1.82) is 0 Å². The Kier molecular flexibility index (Phi) is 4.02. The van der Waals surface area contributed by atoms with Crippen molar-refractivity contribution in [3.8, 4) is 0 Å². The molecule has 2 aliphatic rings. The molecule has 5 heteroatoms. The zero-order valence-electron chi connectivity index (χ0n) is 13.3. The molecule has 2 aromatic heterocycles. The average Bonchev–Trinajstić information content (AvgIpc) is 3.05. The average molecular weight is 330 g/mol. The van der Waals surface area contributed by atoms with Gasteiger partial charge in [-0.3, -0.25) is 9.36 Å². The number of hydrogen-bond acceptors (Lipinski definition) is 2. The van der Waals surface area contributed by atoms with Gasteiger partial charge in [-0.05, 0) is 50.0 Å². The normalized spacial score (nSPS) is 18.5. The van der Waals surface area contributed by atoms with E-state index in [1.165, 1.54) is 11.1 Å². The van der Waals surface area contributed by atoms with Crippen molar-refractivity contribution < 1.29 is 4.79 Å². The van der Waals surface area contributed by atoms with E-state index in [0.29, 0.717) is 6.42 Å². The Morgan fingerprint density at radius 3 is 2.87 bits per heavy atom. The highest BCUT2D eigenvalue weighted by Gasteiger charge is 2.30. The van der Waals surface area contributed by atoms with Crippen molar-refractivity contribution in [3.63, 3.8) is 0 Å². The second-order valence-electron chi connectivity index (χ2n) is 6.13. The fourth-order valence-electron chi connectivity index (χ4n) is 3.54. The van der Waals surface area contributed by atoms with Crippen LogP contribution in [0.15, 0.2) is 18.5 Å². The highest BCUT2D eigenvalue weighted by Crippen LogP contribution is 2.33. The first kappa shape index (κ1) is 15.8. The standard InChI is InChI=1S/C18H19N3O.ClH/c1-11-14-5-3-4-6-17(14)21-16(11)8-7-13(18(21)22)9-15-12(2)19-10-20-15;/h4,6-8,10,13H,3,5,9H2,1-2H3,(H,19,20);1H. The minimum atomic E-state index is -0.138. The molecule has 120 valence electrons. The molecule has 0 radical (unpaired) electrons. The predicted molar refractivity (Wildman–Crippen MR) is 94.0 cm³/mol. The highest BCUT2D eigenvalue weighted by molar-refractivity contribution is 5.92. The summed E-state index contributed by atoms with van der Waals surface area (Å²) in [6.45, 7) is 4.12. The van der Waals surface area contributed by atoms with E-state index in [1.807, 2.05) is 17.6 Å². The topological polar surface area (TPSA) is 50.7 Å². The summed E-state index contributed by atoms with van der Waals surface area (Å²) in [7, 11) is 0. The van der Waals surface area contributed by atoms with E-state index < -0.39 is 0 Å². The lowest BCUT2D eigenvalue weighted by molar-refractivity contribution is 0.0856. The first-order valence-electron chi connectivity index (χ1n) is 7.79. The summed E-state index contributed by atoms with van der Waals surface area (Å²) in [5, 5.41) is 0. The maximum Gasteiger partial charge on any atom is 0.238 e. The van der Waals surface area contributed by atoms with Crippen molar-refractivity contribution >= 4 is 30.5 Å². The first-order valence-corrected chi connectivity index (χ1v) is 7.79. The molecule has 0 spiro atoms. The SMILES string of the molecule is Cc1[nH]cnc1CC1C=Cc2c(C)c3c(n2C1=O)C=CCC3.Cl. The van der Waals surface area contributed by atoms with E-state index in [1.54, 1.807) is 6.33 Å². The lowest BCUT2D eigenvalue weighted by atomic mass is 9.97. The van der Waals surface area contributed by atoms with Crippen molar-refractivity contribution in [2.45, 2.75) is 33.1 Å². The van der Waals surface area contributed by atoms with Gasteiger partial charge in [-0.1, -0.05) is 12.2 Å². The Morgan fingerprint density at radius 2 is 2.13 bits per heavy atom. The third kappa shape index (κ3) is 2.38. The van der Waals surface area contributed by atoms with Gasteiger partial charge in [-0.15, -0.1) is 12.4 Å². The Bertz CT molecular complexity index is 826. The number of fused-ring (bicyclic) bond motifs is 3. The monoisotopic (exact) mass is 329 g/mol. The van der Waals surface area contributed by atoms with Crippen LogP contribution in [0, 0.1) is 19.8 Å². The largest absolute Gasteiger partial charge is 0.348 e. The molecule has 2 aromatic rings. The summed E-state index contributed by atoms with van der Waals surface area (Å²) in [4.78, 5) is 20.4. The summed E-state index contributed by atoms with van der Waals surface area (Å²) >= 11 is 0. The van der Waals surface area contributed by atoms with Crippen LogP contribution in [-0.4, -0.2) is 20.4 Å². The molecule has 0 saturated carbocycles. The third-order valence-electron chi connectivity index (χ3n) is 4.84. The summed E-state index contributed by atoms with van der Waals surface area (Å²) in [6.07, 6.45) is 12.8. The van der Waals surface area contributed by atoms with Gasteiger partial charge in [0.2, 0.25) is 5.91 Å². The Hall–Kier alpha value is -2.07. The Balaban J connectivity index is 0.00000156. The maximum atomic E-state index is 13.0. The van der Waals surface area contributed by atoms with Gasteiger partial charge >= 0.3 is 0 Å². The van der Waals surface area contributed by atoms with Gasteiger partial charge in [-0.2, -0.15) is 0 Å². The number of aromatic nitrogens is 3. The molecule has 0 fully saturated rings. The number of nitrogens with zero attached hydrogens (tertiary/aromatic N) is 2. The fourth-order valence-corrected chi connectivity index (χ4v) is 3.54. The highest BCUT2D eigenvalue weighted by atomic mass is 35.5. The maximum absolute atomic E-state index is 13.0. The number of aryl methyl sites for hydroxylation is 1. The van der Waals surface area contributed by atoms with Crippen LogP contribution in [0.4, 0.5) is 0 Å². The minimum Gasteiger partial charge on any atom is -0.348 e. The number of imidazole rings is 1. The van der Waals surface area contributed by atoms with E-state index >= 15 is 0 Å². The minimum absolute atomic E-state index is 0. The van der Waals surface area contributed by atoms with Crippen LogP contribution in [0.25, 0.3) is 12.2 Å². The number of carbonyl (C=O) groups is 1. The molecule has 0 bridgehead atoms. The van der Waals surface area contributed by atoms with Crippen LogP contribution >= 0.6 is 12.4 Å². The number of hydrogen-bond donors (Lipinski definition) is 1. The molecule has 1 atom stereocenters. The lowest BCUT2D eigenvalue weighted by Crippen LogP contribution is -2.27. The number of H-pyrrole nitrogens is 1. The number of aromatic amines is 1. The van der Waals surface area contributed by atoms with Gasteiger partial charge in [0, 0.05) is 12.1 Å². The van der Waals surface area contributed by atoms with Gasteiger partial charge < -0.3 is 4.98 Å². The van der Waals surface area contributed by atoms with E-state index in [0.717, 1.165) is 35.6 Å². The Morgan fingerprint density at radius 1 is 1.30 bits per heavy atom. The van der Waals surface area contributed by atoms with Crippen LogP contribution < -0.4 is 0 Å². The number of nitrogens with one attached hydrogen (secondary N) is 1. The zero-order valence-corrected chi connectivity index (χ0v) is 14.1. The van der Waals surface area contributed by atoms with Crippen molar-refractivity contribution in [2.24, 2.45) is 5.92 Å². The van der Waals surface area contributed by atoms with Crippen LogP contribution in [0.2, 0.25) is 0 Å². The second-order valence-corrected chi connectivity index (χ2v) is 6.13. The fraction of sp³-hybridized carbons (Fsp3) is 0.333. The number of rotatable bonds is 2. The summed E-state index contributed by atoms with van der Waals surface area (Å²) in [6, 6.07) is 0.